The largest absolute Gasteiger partial charge is 0.464 e. The van der Waals surface area contributed by atoms with E-state index in [9.17, 15) is 9.59 Å². The second-order valence-electron chi connectivity index (χ2n) is 5.79. The molecule has 0 aromatic carbocycles. The molecule has 1 aromatic rings. The van der Waals surface area contributed by atoms with E-state index in [1.54, 1.807) is 11.9 Å². The number of nitrogens with zero attached hydrogens (tertiary/aromatic N) is 2. The average Bonchev–Trinajstić information content (AvgIpc) is 2.82. The maximum absolute atomic E-state index is 12.2. The van der Waals surface area contributed by atoms with Crippen molar-refractivity contribution in [1.29, 1.82) is 0 Å². The van der Waals surface area contributed by atoms with Crippen molar-refractivity contribution in [3.63, 3.8) is 0 Å². The molecule has 0 aliphatic heterocycles. The van der Waals surface area contributed by atoms with Crippen LogP contribution in [0.3, 0.4) is 0 Å². The quantitative estimate of drug-likeness (QED) is 0.788. The van der Waals surface area contributed by atoms with E-state index in [1.165, 1.54) is 0 Å². The van der Waals surface area contributed by atoms with E-state index in [-0.39, 0.29) is 30.9 Å². The van der Waals surface area contributed by atoms with Gasteiger partial charge in [-0.1, -0.05) is 6.92 Å². The van der Waals surface area contributed by atoms with Crippen LogP contribution in [0.4, 0.5) is 0 Å². The number of carbonyl (C=O) groups excluding carboxylic acids is 2. The molecular weight excluding hydrogens is 282 g/mol. The van der Waals surface area contributed by atoms with Crippen molar-refractivity contribution in [3.8, 4) is 0 Å². The van der Waals surface area contributed by atoms with Crippen molar-refractivity contribution in [2.24, 2.45) is 0 Å². The molecule has 1 rings (SSSR count). The minimum Gasteiger partial charge on any atom is -0.464 e. The molecule has 6 nitrogen and oxygen atoms in total. The number of aryl methyl sites for hydroxylation is 1. The Labute approximate surface area is 132 Å². The minimum atomic E-state index is -0.0611. The zero-order valence-electron chi connectivity index (χ0n) is 14.2. The van der Waals surface area contributed by atoms with Gasteiger partial charge in [-0.15, -0.1) is 0 Å². The smallest absolute Gasteiger partial charge is 0.236 e. The van der Waals surface area contributed by atoms with Crippen molar-refractivity contribution in [2.75, 3.05) is 26.7 Å². The number of likely N-dealkylation sites (N-methyl/N-ethyl adjacent to an activating group) is 2. The third-order valence-corrected chi connectivity index (χ3v) is 3.24. The second kappa shape index (κ2) is 8.58. The van der Waals surface area contributed by atoms with Gasteiger partial charge in [-0.3, -0.25) is 14.5 Å². The van der Waals surface area contributed by atoms with E-state index in [4.69, 9.17) is 4.42 Å². The topological polar surface area (TPSA) is 65.8 Å². The van der Waals surface area contributed by atoms with Gasteiger partial charge in [-0.25, -0.2) is 0 Å². The first kappa shape index (κ1) is 18.2. The molecule has 0 aliphatic rings. The summed E-state index contributed by atoms with van der Waals surface area (Å²) in [4.78, 5) is 27.4. The van der Waals surface area contributed by atoms with E-state index in [2.05, 4.69) is 5.32 Å². The molecule has 6 heteroatoms. The summed E-state index contributed by atoms with van der Waals surface area (Å²) in [6.45, 7) is 9.17. The Hall–Kier alpha value is -1.82. The van der Waals surface area contributed by atoms with Gasteiger partial charge in [0.15, 0.2) is 0 Å². The molecule has 22 heavy (non-hydrogen) atoms. The normalized spacial score (nSPS) is 11.0. The highest BCUT2D eigenvalue weighted by Gasteiger charge is 2.17. The molecule has 0 aliphatic carbocycles. The van der Waals surface area contributed by atoms with Crippen LogP contribution in [-0.4, -0.2) is 54.3 Å². The number of carbonyl (C=O) groups is 2. The van der Waals surface area contributed by atoms with Gasteiger partial charge in [0, 0.05) is 13.1 Å². The molecule has 2 amide bonds. The summed E-state index contributed by atoms with van der Waals surface area (Å²) in [5.74, 6) is 1.49. The van der Waals surface area contributed by atoms with Crippen molar-refractivity contribution in [3.05, 3.63) is 23.7 Å². The zero-order chi connectivity index (χ0) is 16.7. The van der Waals surface area contributed by atoms with Crippen LogP contribution in [0, 0.1) is 6.92 Å². The molecule has 1 aromatic heterocycles. The lowest BCUT2D eigenvalue weighted by Gasteiger charge is -2.23. The molecule has 1 heterocycles. The SMILES string of the molecule is CCN(CC(=O)NC(C)C)CC(=O)N(C)Cc1ccc(C)o1. The number of hydrogen-bond acceptors (Lipinski definition) is 4. The minimum absolute atomic E-state index is 0.0340. The number of nitrogens with one attached hydrogen (secondary N) is 1. The van der Waals surface area contributed by atoms with Gasteiger partial charge in [0.05, 0.1) is 19.6 Å². The Kier molecular flexibility index (Phi) is 7.11. The van der Waals surface area contributed by atoms with Crippen LogP contribution < -0.4 is 5.32 Å². The molecule has 0 fully saturated rings. The molecule has 0 bridgehead atoms. The van der Waals surface area contributed by atoms with Gasteiger partial charge in [-0.2, -0.15) is 0 Å². The third kappa shape index (κ3) is 6.30. The van der Waals surface area contributed by atoms with Crippen LogP contribution >= 0.6 is 0 Å². The van der Waals surface area contributed by atoms with Crippen LogP contribution in [0.25, 0.3) is 0 Å². The fraction of sp³-hybridized carbons (Fsp3) is 0.625. The summed E-state index contributed by atoms with van der Waals surface area (Å²) in [5, 5.41) is 2.83. The van der Waals surface area contributed by atoms with Gasteiger partial charge in [0.25, 0.3) is 0 Å². The van der Waals surface area contributed by atoms with Crippen LogP contribution in [0.2, 0.25) is 0 Å². The molecule has 0 atom stereocenters. The maximum Gasteiger partial charge on any atom is 0.236 e. The van der Waals surface area contributed by atoms with Gasteiger partial charge in [-0.05, 0) is 39.4 Å². The first-order valence-electron chi connectivity index (χ1n) is 7.62. The summed E-state index contributed by atoms with van der Waals surface area (Å²) in [6, 6.07) is 3.85. The highest BCUT2D eigenvalue weighted by atomic mass is 16.3. The lowest BCUT2D eigenvalue weighted by atomic mass is 10.3. The molecule has 0 saturated carbocycles. The van der Waals surface area contributed by atoms with E-state index >= 15 is 0 Å². The van der Waals surface area contributed by atoms with Crippen molar-refractivity contribution in [1.82, 2.24) is 15.1 Å². The molecule has 0 spiro atoms. The van der Waals surface area contributed by atoms with Crippen LogP contribution in [0.5, 0.6) is 0 Å². The Morgan fingerprint density at radius 1 is 1.27 bits per heavy atom. The highest BCUT2D eigenvalue weighted by molar-refractivity contribution is 5.81. The van der Waals surface area contributed by atoms with E-state index in [1.807, 2.05) is 44.7 Å². The van der Waals surface area contributed by atoms with E-state index in [0.29, 0.717) is 13.1 Å². The molecular formula is C16H27N3O3. The summed E-state index contributed by atoms with van der Waals surface area (Å²) >= 11 is 0. The number of amides is 2. The monoisotopic (exact) mass is 309 g/mol. The van der Waals surface area contributed by atoms with Crippen molar-refractivity contribution in [2.45, 2.75) is 40.3 Å². The van der Waals surface area contributed by atoms with Crippen molar-refractivity contribution < 1.29 is 14.0 Å². The maximum atomic E-state index is 12.2. The molecule has 0 saturated heterocycles. The Balaban J connectivity index is 2.47. The molecule has 0 unspecified atom stereocenters. The Bertz CT molecular complexity index is 497. The van der Waals surface area contributed by atoms with Crippen LogP contribution in [-0.2, 0) is 16.1 Å². The first-order valence-corrected chi connectivity index (χ1v) is 7.62. The Morgan fingerprint density at radius 3 is 2.45 bits per heavy atom. The van der Waals surface area contributed by atoms with Gasteiger partial charge in [0.2, 0.25) is 11.8 Å². The van der Waals surface area contributed by atoms with Crippen LogP contribution in [0.15, 0.2) is 16.5 Å². The molecule has 0 radical (unpaired) electrons. The summed E-state index contributed by atoms with van der Waals surface area (Å²) in [5.41, 5.74) is 0. The predicted octanol–water partition coefficient (Wildman–Crippen LogP) is 1.39. The number of hydrogen-bond donors (Lipinski definition) is 1. The summed E-state index contributed by atoms with van der Waals surface area (Å²) < 4.78 is 5.47. The molecule has 124 valence electrons. The lowest BCUT2D eigenvalue weighted by Crippen LogP contribution is -2.44. The highest BCUT2D eigenvalue weighted by Crippen LogP contribution is 2.08. The molecule has 1 N–H and O–H groups in total. The first-order chi connectivity index (χ1) is 10.3. The Morgan fingerprint density at radius 2 is 1.95 bits per heavy atom. The fourth-order valence-corrected chi connectivity index (χ4v) is 2.05. The second-order valence-corrected chi connectivity index (χ2v) is 5.79. The fourth-order valence-electron chi connectivity index (χ4n) is 2.05. The number of rotatable bonds is 8. The lowest BCUT2D eigenvalue weighted by molar-refractivity contribution is -0.132. The summed E-state index contributed by atoms with van der Waals surface area (Å²) in [7, 11) is 1.74. The van der Waals surface area contributed by atoms with Crippen molar-refractivity contribution >= 4 is 11.8 Å². The number of furan rings is 1. The predicted molar refractivity (Wildman–Crippen MR) is 85.3 cm³/mol. The van der Waals surface area contributed by atoms with Gasteiger partial charge >= 0.3 is 0 Å². The van der Waals surface area contributed by atoms with Gasteiger partial charge < -0.3 is 14.6 Å². The zero-order valence-corrected chi connectivity index (χ0v) is 14.2. The van der Waals surface area contributed by atoms with E-state index < -0.39 is 0 Å². The third-order valence-electron chi connectivity index (χ3n) is 3.24. The standard InChI is InChI=1S/C16H27N3O3/c1-6-19(10-15(20)17-12(2)3)11-16(21)18(5)9-14-8-7-13(4)22-14/h7-8,12H,6,9-11H2,1-5H3,(H,17,20). The van der Waals surface area contributed by atoms with Gasteiger partial charge in [0.1, 0.15) is 11.5 Å². The summed E-state index contributed by atoms with van der Waals surface area (Å²) in [6.07, 6.45) is 0. The average molecular weight is 309 g/mol. The van der Waals surface area contributed by atoms with Crippen LogP contribution in [0.1, 0.15) is 32.3 Å². The van der Waals surface area contributed by atoms with E-state index in [0.717, 1.165) is 11.5 Å².